The molecule has 1 heterocycles. The van der Waals surface area contributed by atoms with Gasteiger partial charge in [0.2, 0.25) is 17.9 Å². The number of carbonyl (C=O) groups is 2. The summed E-state index contributed by atoms with van der Waals surface area (Å²) in [4.78, 5) is 44.2. The van der Waals surface area contributed by atoms with E-state index in [1.54, 1.807) is 30.9 Å². The molecule has 8 heteroatoms. The number of phenolic OH excluding ortho intramolecular Hbond substituents is 1. The van der Waals surface area contributed by atoms with E-state index in [4.69, 9.17) is 4.74 Å². The van der Waals surface area contributed by atoms with Crippen molar-refractivity contribution in [1.29, 1.82) is 0 Å². The van der Waals surface area contributed by atoms with Gasteiger partial charge in [0.25, 0.3) is 0 Å². The standard InChI is InChI=1S/C33H37N3O5/c1-32(2,3)41-33(4,5)29(34-21-37)30(39)35-26-19-18-24-10-6-8-12-27(24)36(31(26)40)20-22-14-16-23(17-15-22)25-11-7-9-13-28(25)38/h6-17,26,29,38H,18-20H2,1-5H3,(H,35,39)/t26-,29?/m1/s1. The zero-order valence-electron chi connectivity index (χ0n) is 24.2. The number of fused-ring (bicyclic) bond motifs is 1. The monoisotopic (exact) mass is 555 g/mol. The average Bonchev–Trinajstić information content (AvgIpc) is 3.03. The van der Waals surface area contributed by atoms with Crippen molar-refractivity contribution >= 4 is 23.6 Å². The third-order valence-corrected chi connectivity index (χ3v) is 7.03. The second kappa shape index (κ2) is 12.1. The molecule has 1 unspecified atom stereocenters. The Hall–Kier alpha value is -4.26. The number of anilines is 1. The van der Waals surface area contributed by atoms with E-state index in [1.165, 1.54) is 6.08 Å². The quantitative estimate of drug-likeness (QED) is 0.289. The lowest BCUT2D eigenvalue weighted by Gasteiger charge is -2.37. The summed E-state index contributed by atoms with van der Waals surface area (Å²) in [5.74, 6) is -0.626. The summed E-state index contributed by atoms with van der Waals surface area (Å²) in [6.07, 6.45) is 2.47. The molecule has 0 radical (unpaired) electrons. The van der Waals surface area contributed by atoms with E-state index in [9.17, 15) is 19.5 Å². The summed E-state index contributed by atoms with van der Waals surface area (Å²) in [6.45, 7) is 9.24. The van der Waals surface area contributed by atoms with Gasteiger partial charge >= 0.3 is 0 Å². The molecule has 1 aliphatic heterocycles. The predicted octanol–water partition coefficient (Wildman–Crippen LogP) is 5.32. The summed E-state index contributed by atoms with van der Waals surface area (Å²) >= 11 is 0. The number of rotatable bonds is 8. The van der Waals surface area contributed by atoms with Crippen LogP contribution in [-0.4, -0.2) is 46.3 Å². The number of hydrogen-bond acceptors (Lipinski definition) is 6. The van der Waals surface area contributed by atoms with Gasteiger partial charge in [-0.3, -0.25) is 9.59 Å². The predicted molar refractivity (Wildman–Crippen MR) is 158 cm³/mol. The molecule has 0 saturated carbocycles. The number of hydrogen-bond donors (Lipinski definition) is 2. The van der Waals surface area contributed by atoms with Crippen LogP contribution in [-0.2, 0) is 32.1 Å². The molecule has 0 bridgehead atoms. The largest absolute Gasteiger partial charge is 0.507 e. The minimum atomic E-state index is -1.19. The van der Waals surface area contributed by atoms with Gasteiger partial charge in [-0.1, -0.05) is 60.7 Å². The van der Waals surface area contributed by atoms with Crippen LogP contribution in [0.4, 0.5) is 5.69 Å². The zero-order chi connectivity index (χ0) is 29.8. The Kier molecular flexibility index (Phi) is 8.76. The molecular formula is C33H37N3O5. The normalized spacial score (nSPS) is 16.3. The third kappa shape index (κ3) is 7.09. The molecule has 0 spiro atoms. The van der Waals surface area contributed by atoms with Crippen LogP contribution in [0.2, 0.25) is 0 Å². The molecule has 214 valence electrons. The van der Waals surface area contributed by atoms with Crippen molar-refractivity contribution in [3.05, 3.63) is 83.9 Å². The Balaban J connectivity index is 1.59. The highest BCUT2D eigenvalue weighted by atomic mass is 16.5. The van der Waals surface area contributed by atoms with Crippen LogP contribution in [0.25, 0.3) is 11.1 Å². The lowest BCUT2D eigenvalue weighted by molar-refractivity contribution is -0.147. The number of aliphatic imine (C=N–C) groups is 1. The van der Waals surface area contributed by atoms with Gasteiger partial charge < -0.3 is 20.1 Å². The van der Waals surface area contributed by atoms with E-state index >= 15 is 0 Å². The van der Waals surface area contributed by atoms with Crippen molar-refractivity contribution in [1.82, 2.24) is 5.32 Å². The summed E-state index contributed by atoms with van der Waals surface area (Å²) in [7, 11) is 0. The van der Waals surface area contributed by atoms with Crippen molar-refractivity contribution in [2.24, 2.45) is 4.99 Å². The van der Waals surface area contributed by atoms with Gasteiger partial charge in [0, 0.05) is 11.3 Å². The van der Waals surface area contributed by atoms with E-state index in [-0.39, 0.29) is 18.2 Å². The van der Waals surface area contributed by atoms with Crippen LogP contribution in [0.15, 0.2) is 77.8 Å². The zero-order valence-corrected chi connectivity index (χ0v) is 24.2. The number of phenols is 1. The molecule has 2 atom stereocenters. The summed E-state index contributed by atoms with van der Waals surface area (Å²) in [5, 5.41) is 13.1. The molecule has 2 N–H and O–H groups in total. The maximum atomic E-state index is 14.0. The van der Waals surface area contributed by atoms with Crippen LogP contribution in [0.1, 0.15) is 52.2 Å². The number of aromatic hydroxyl groups is 1. The Morgan fingerprint density at radius 2 is 1.71 bits per heavy atom. The Bertz CT molecular complexity index is 1450. The first-order valence-corrected chi connectivity index (χ1v) is 13.7. The Morgan fingerprint density at radius 3 is 2.37 bits per heavy atom. The molecule has 41 heavy (non-hydrogen) atoms. The maximum Gasteiger partial charge on any atom is 0.249 e. The second-order valence-corrected chi connectivity index (χ2v) is 11.8. The highest BCUT2D eigenvalue weighted by molar-refractivity contribution is 6.01. The van der Waals surface area contributed by atoms with Crippen molar-refractivity contribution < 1.29 is 24.2 Å². The van der Waals surface area contributed by atoms with E-state index in [0.717, 1.165) is 27.9 Å². The molecule has 0 fully saturated rings. The third-order valence-electron chi connectivity index (χ3n) is 7.03. The minimum Gasteiger partial charge on any atom is -0.507 e. The molecular weight excluding hydrogens is 518 g/mol. The number of nitrogens with zero attached hydrogens (tertiary/aromatic N) is 2. The summed E-state index contributed by atoms with van der Waals surface area (Å²) in [6, 6.07) is 20.5. The number of benzene rings is 3. The maximum absolute atomic E-state index is 14.0. The molecule has 3 aromatic rings. The van der Waals surface area contributed by atoms with E-state index in [1.807, 2.05) is 81.4 Å². The van der Waals surface area contributed by atoms with Gasteiger partial charge in [-0.2, -0.15) is 4.99 Å². The molecule has 8 nitrogen and oxygen atoms in total. The van der Waals surface area contributed by atoms with Crippen LogP contribution >= 0.6 is 0 Å². The SMILES string of the molecule is CC(C)(C)OC(C)(C)C(N=C=O)C(=O)N[C@@H]1CCc2ccccc2N(Cc2ccc(-c3ccccc3O)cc2)C1=O. The fourth-order valence-electron chi connectivity index (χ4n) is 5.38. The number of isocyanates is 1. The van der Waals surface area contributed by atoms with Gasteiger partial charge in [0.1, 0.15) is 11.8 Å². The molecule has 1 aliphatic rings. The molecule has 0 aliphatic carbocycles. The number of carbonyl (C=O) groups excluding carboxylic acids is 3. The fraction of sp³-hybridized carbons (Fsp3) is 0.364. The minimum absolute atomic E-state index is 0.198. The number of nitrogens with one attached hydrogen (secondary N) is 1. The van der Waals surface area contributed by atoms with Crippen molar-refractivity contribution in [2.45, 2.75) is 77.3 Å². The lowest BCUT2D eigenvalue weighted by atomic mass is 9.96. The van der Waals surface area contributed by atoms with Crippen LogP contribution in [0.3, 0.4) is 0 Å². The van der Waals surface area contributed by atoms with E-state index in [0.29, 0.717) is 12.8 Å². The van der Waals surface area contributed by atoms with Crippen molar-refractivity contribution in [3.63, 3.8) is 0 Å². The lowest BCUT2D eigenvalue weighted by Crippen LogP contribution is -2.56. The molecule has 3 aromatic carbocycles. The molecule has 2 amide bonds. The van der Waals surface area contributed by atoms with Crippen molar-refractivity contribution in [2.75, 3.05) is 4.90 Å². The molecule has 0 aromatic heterocycles. The van der Waals surface area contributed by atoms with Crippen LogP contribution < -0.4 is 10.2 Å². The van der Waals surface area contributed by atoms with Gasteiger partial charge in [0.05, 0.1) is 17.7 Å². The average molecular weight is 556 g/mol. The Morgan fingerprint density at radius 1 is 1.05 bits per heavy atom. The van der Waals surface area contributed by atoms with Crippen LogP contribution in [0.5, 0.6) is 5.75 Å². The van der Waals surface area contributed by atoms with Crippen LogP contribution in [0, 0.1) is 0 Å². The van der Waals surface area contributed by atoms with Gasteiger partial charge in [-0.25, -0.2) is 4.79 Å². The Labute approximate surface area is 241 Å². The first kappa shape index (κ1) is 29.7. The van der Waals surface area contributed by atoms with Gasteiger partial charge in [0.15, 0.2) is 6.04 Å². The number of aryl methyl sites for hydroxylation is 1. The first-order valence-electron chi connectivity index (χ1n) is 13.7. The molecule has 0 saturated heterocycles. The second-order valence-electron chi connectivity index (χ2n) is 11.8. The highest BCUT2D eigenvalue weighted by Gasteiger charge is 2.41. The first-order chi connectivity index (χ1) is 19.4. The van der Waals surface area contributed by atoms with E-state index < -0.39 is 29.2 Å². The molecule has 4 rings (SSSR count). The smallest absolute Gasteiger partial charge is 0.249 e. The van der Waals surface area contributed by atoms with E-state index in [2.05, 4.69) is 10.3 Å². The number of para-hydroxylation sites is 2. The summed E-state index contributed by atoms with van der Waals surface area (Å²) in [5.41, 5.74) is 2.56. The number of ether oxygens (including phenoxy) is 1. The summed E-state index contributed by atoms with van der Waals surface area (Å²) < 4.78 is 6.06. The highest BCUT2D eigenvalue weighted by Crippen LogP contribution is 2.32. The topological polar surface area (TPSA) is 108 Å². The van der Waals surface area contributed by atoms with Crippen molar-refractivity contribution in [3.8, 4) is 16.9 Å². The number of amides is 2. The van der Waals surface area contributed by atoms with Gasteiger partial charge in [-0.05, 0) is 76.3 Å². The fourth-order valence-corrected chi connectivity index (χ4v) is 5.38. The van der Waals surface area contributed by atoms with Gasteiger partial charge in [-0.15, -0.1) is 0 Å².